The van der Waals surface area contributed by atoms with Gasteiger partial charge in [-0.1, -0.05) is 35.6 Å². The average molecular weight is 945 g/mol. The minimum absolute atomic E-state index is 0.0360. The highest BCUT2D eigenvalue weighted by atomic mass is 16.5. The third kappa shape index (κ3) is 10.5. The number of aromatic nitrogens is 5. The standard InChI is InChI=1S/C50H60N10O9/c1-50-20-5-7-33(38(50)31-59(49(50)65)41-15-16-42(61)53-47(41)63)8-6-25-66-27-29-68-30-28-67-26-24-58-32-39(54-56-58)48(64)57-22-18-34(19-23-57)40-17-21-52-46-43(45(51)62)44(55-60(40)46)35-11-13-37(14-12-35)69-36-9-3-2-4-10-36/h2-5,7,9-14,32,34,40-41,52H,6,8,15-31H2,1H3,(H2,51,62)(H,53,61,63)/t40-,41?,50?/m0/s1. The van der Waals surface area contributed by atoms with E-state index in [0.29, 0.717) is 114 Å². The molecule has 5 amide bonds. The van der Waals surface area contributed by atoms with Gasteiger partial charge in [0.25, 0.3) is 11.8 Å². The summed E-state index contributed by atoms with van der Waals surface area (Å²) in [5.74, 6) is 0.833. The Morgan fingerprint density at radius 2 is 1.61 bits per heavy atom. The van der Waals surface area contributed by atoms with Gasteiger partial charge in [0.1, 0.15) is 34.6 Å². The minimum Gasteiger partial charge on any atom is -0.457 e. The van der Waals surface area contributed by atoms with Gasteiger partial charge in [-0.3, -0.25) is 29.3 Å². The smallest absolute Gasteiger partial charge is 0.276 e. The first-order valence-electron chi connectivity index (χ1n) is 24.0. The number of nitrogens with zero attached hydrogens (tertiary/aromatic N) is 7. The number of likely N-dealkylation sites (tertiary alicyclic amines) is 2. The zero-order chi connectivity index (χ0) is 47.9. The van der Waals surface area contributed by atoms with Crippen molar-refractivity contribution < 1.29 is 42.9 Å². The largest absolute Gasteiger partial charge is 0.457 e. The van der Waals surface area contributed by atoms with Crippen LogP contribution in [-0.4, -0.2) is 136 Å². The maximum absolute atomic E-state index is 13.5. The number of rotatable bonds is 20. The zero-order valence-corrected chi connectivity index (χ0v) is 39.0. The van der Waals surface area contributed by atoms with Crippen molar-refractivity contribution in [2.75, 3.05) is 71.1 Å². The van der Waals surface area contributed by atoms with E-state index >= 15 is 0 Å². The fraction of sp³-hybridized carbons (Fsp3) is 0.480. The number of hydrogen-bond donors (Lipinski definition) is 3. The van der Waals surface area contributed by atoms with Crippen molar-refractivity contribution in [3.05, 3.63) is 95.3 Å². The molecule has 69 heavy (non-hydrogen) atoms. The molecule has 19 heteroatoms. The van der Waals surface area contributed by atoms with E-state index in [1.165, 1.54) is 0 Å². The van der Waals surface area contributed by atoms with Gasteiger partial charge in [-0.05, 0) is 105 Å². The van der Waals surface area contributed by atoms with E-state index in [0.717, 1.165) is 54.6 Å². The summed E-state index contributed by atoms with van der Waals surface area (Å²) in [6.07, 6.45) is 10.9. The number of nitrogens with two attached hydrogens (primary N) is 1. The summed E-state index contributed by atoms with van der Waals surface area (Å²) in [4.78, 5) is 67.5. The number of anilines is 1. The Balaban J connectivity index is 0.657. The predicted molar refractivity (Wildman–Crippen MR) is 252 cm³/mol. The third-order valence-electron chi connectivity index (χ3n) is 13.9. The summed E-state index contributed by atoms with van der Waals surface area (Å²) in [5.41, 5.74) is 9.42. The number of benzene rings is 2. The number of nitrogens with one attached hydrogen (secondary N) is 2. The molecule has 0 saturated carbocycles. The number of carbonyl (C=O) groups excluding carboxylic acids is 5. The van der Waals surface area contributed by atoms with Gasteiger partial charge in [0.05, 0.1) is 57.2 Å². The second-order valence-electron chi connectivity index (χ2n) is 18.4. The van der Waals surface area contributed by atoms with Crippen molar-refractivity contribution in [3.63, 3.8) is 0 Å². The molecule has 0 spiro atoms. The van der Waals surface area contributed by atoms with Gasteiger partial charge in [-0.25, -0.2) is 9.36 Å². The van der Waals surface area contributed by atoms with E-state index in [4.69, 9.17) is 29.8 Å². The molecule has 4 N–H and O–H groups in total. The van der Waals surface area contributed by atoms with Crippen LogP contribution in [0.3, 0.4) is 0 Å². The van der Waals surface area contributed by atoms with E-state index in [1.54, 1.807) is 15.8 Å². The summed E-state index contributed by atoms with van der Waals surface area (Å²) < 4.78 is 26.7. The molecule has 3 atom stereocenters. The van der Waals surface area contributed by atoms with Crippen LogP contribution in [0.5, 0.6) is 11.5 Å². The van der Waals surface area contributed by atoms with Gasteiger partial charge in [-0.2, -0.15) is 5.10 Å². The summed E-state index contributed by atoms with van der Waals surface area (Å²) in [5, 5.41) is 19.1. The van der Waals surface area contributed by atoms with Crippen LogP contribution in [0.4, 0.5) is 5.82 Å². The number of hydrogen-bond acceptors (Lipinski definition) is 13. The maximum atomic E-state index is 13.5. The van der Waals surface area contributed by atoms with Crippen molar-refractivity contribution in [2.45, 2.75) is 76.9 Å². The molecule has 6 heterocycles. The fourth-order valence-electron chi connectivity index (χ4n) is 10.2. The molecule has 4 aliphatic heterocycles. The SMILES string of the molecule is CC12CC=CC(CCCOCCOCCOCCn3cc(C(=O)N4CCC([C@@H]5CCNc6c(C(N)=O)c(-c7ccc(Oc8ccccc8)cc7)nn65)CC4)nn3)=C1CN(C1CCC(=O)NC1=O)C2=O. The predicted octanol–water partition coefficient (Wildman–Crippen LogP) is 4.68. The fourth-order valence-corrected chi connectivity index (χ4v) is 10.2. The van der Waals surface area contributed by atoms with Gasteiger partial charge in [-0.15, -0.1) is 5.10 Å². The third-order valence-corrected chi connectivity index (χ3v) is 13.9. The van der Waals surface area contributed by atoms with Crippen LogP contribution in [0.2, 0.25) is 0 Å². The molecule has 19 nitrogen and oxygen atoms in total. The Morgan fingerprint density at radius 3 is 2.35 bits per heavy atom. The van der Waals surface area contributed by atoms with E-state index in [-0.39, 0.29) is 36.1 Å². The Hall–Kier alpha value is -6.70. The lowest BCUT2D eigenvalue weighted by atomic mass is 9.75. The Labute approximate surface area is 400 Å². The number of piperidine rings is 2. The van der Waals surface area contributed by atoms with E-state index in [2.05, 4.69) is 27.0 Å². The number of fused-ring (bicyclic) bond motifs is 2. The number of para-hydroxylation sites is 1. The highest BCUT2D eigenvalue weighted by Crippen LogP contribution is 2.46. The first kappa shape index (κ1) is 47.4. The van der Waals surface area contributed by atoms with Crippen LogP contribution in [0.25, 0.3) is 11.3 Å². The van der Waals surface area contributed by atoms with Gasteiger partial charge in [0.2, 0.25) is 17.7 Å². The lowest BCUT2D eigenvalue weighted by Gasteiger charge is -2.38. The molecule has 3 saturated heterocycles. The molecule has 0 radical (unpaired) electrons. The molecule has 0 bridgehead atoms. The van der Waals surface area contributed by atoms with Crippen molar-refractivity contribution in [1.29, 1.82) is 0 Å². The van der Waals surface area contributed by atoms with Gasteiger partial charge in [0, 0.05) is 44.8 Å². The number of ether oxygens (including phenoxy) is 4. The number of imide groups is 1. The first-order valence-corrected chi connectivity index (χ1v) is 24.0. The highest BCUT2D eigenvalue weighted by Gasteiger charge is 2.51. The number of primary amides is 1. The molecular formula is C50H60N10O9. The minimum atomic E-state index is -0.661. The molecule has 3 fully saturated rings. The molecule has 1 aliphatic carbocycles. The van der Waals surface area contributed by atoms with Crippen LogP contribution < -0.4 is 21.1 Å². The van der Waals surface area contributed by atoms with Gasteiger partial charge >= 0.3 is 0 Å². The van der Waals surface area contributed by atoms with Crippen LogP contribution in [-0.2, 0) is 35.1 Å². The lowest BCUT2D eigenvalue weighted by Crippen LogP contribution is -2.53. The van der Waals surface area contributed by atoms with Crippen molar-refractivity contribution in [1.82, 2.24) is 39.9 Å². The second kappa shape index (κ2) is 21.3. The second-order valence-corrected chi connectivity index (χ2v) is 18.4. The number of carbonyl (C=O) groups is 5. The summed E-state index contributed by atoms with van der Waals surface area (Å²) >= 11 is 0. The van der Waals surface area contributed by atoms with Crippen molar-refractivity contribution >= 4 is 35.4 Å². The van der Waals surface area contributed by atoms with E-state index in [1.807, 2.05) is 77.2 Å². The average Bonchev–Trinajstić information content (AvgIpc) is 4.07. The topological polar surface area (TPSA) is 227 Å². The first-order chi connectivity index (χ1) is 33.6. The lowest BCUT2D eigenvalue weighted by molar-refractivity contribution is -0.146. The maximum Gasteiger partial charge on any atom is 0.276 e. The van der Waals surface area contributed by atoms with Gasteiger partial charge in [0.15, 0.2) is 5.69 Å². The molecule has 4 aromatic rings. The molecule has 9 rings (SSSR count). The van der Waals surface area contributed by atoms with Crippen LogP contribution in [0.15, 0.2) is 84.1 Å². The summed E-state index contributed by atoms with van der Waals surface area (Å²) in [7, 11) is 0. The van der Waals surface area contributed by atoms with Gasteiger partial charge < -0.3 is 39.8 Å². The number of amides is 5. The van der Waals surface area contributed by atoms with Crippen molar-refractivity contribution in [2.24, 2.45) is 17.1 Å². The summed E-state index contributed by atoms with van der Waals surface area (Å²) in [6.45, 7) is 7.20. The Bertz CT molecular complexity index is 2580. The molecule has 5 aliphatic rings. The molecule has 2 unspecified atom stereocenters. The quantitative estimate of drug-likeness (QED) is 0.0809. The van der Waals surface area contributed by atoms with Crippen LogP contribution in [0, 0.1) is 11.3 Å². The normalized spacial score (nSPS) is 21.6. The highest BCUT2D eigenvalue weighted by molar-refractivity contribution is 6.04. The van der Waals surface area contributed by atoms with Crippen LogP contribution in [0.1, 0.15) is 85.2 Å². The molecule has 364 valence electrons. The Morgan fingerprint density at radius 1 is 0.884 bits per heavy atom. The van der Waals surface area contributed by atoms with E-state index < -0.39 is 23.3 Å². The van der Waals surface area contributed by atoms with Crippen molar-refractivity contribution in [3.8, 4) is 22.8 Å². The number of allylic oxidation sites excluding steroid dienone is 3. The van der Waals surface area contributed by atoms with E-state index in [9.17, 15) is 24.0 Å². The van der Waals surface area contributed by atoms with Crippen LogP contribution >= 0.6 is 0 Å². The molecular weight excluding hydrogens is 885 g/mol. The summed E-state index contributed by atoms with van der Waals surface area (Å²) in [6, 6.07) is 16.4. The zero-order valence-electron chi connectivity index (χ0n) is 39.0. The molecule has 2 aromatic heterocycles. The monoisotopic (exact) mass is 944 g/mol. The molecule has 2 aromatic carbocycles. The Kier molecular flexibility index (Phi) is 14.6.